The lowest BCUT2D eigenvalue weighted by molar-refractivity contribution is -0.384. The van der Waals surface area contributed by atoms with Crippen LogP contribution in [0.1, 0.15) is 24.7 Å². The lowest BCUT2D eigenvalue weighted by Gasteiger charge is -2.23. The second-order valence-corrected chi connectivity index (χ2v) is 4.63. The zero-order valence-corrected chi connectivity index (χ0v) is 10.1. The summed E-state index contributed by atoms with van der Waals surface area (Å²) in [5.74, 6) is 0.518. The number of hydrogen-bond acceptors (Lipinski definition) is 5. The number of nitro benzene ring substituents is 1. The average Bonchev–Trinajstić information content (AvgIpc) is 2.40. The lowest BCUT2D eigenvalue weighted by atomic mass is 10.1. The van der Waals surface area contributed by atoms with E-state index in [0.717, 1.165) is 12.8 Å². The lowest BCUT2D eigenvalue weighted by Crippen LogP contribution is -2.33. The highest BCUT2D eigenvalue weighted by molar-refractivity contribution is 5.80. The minimum atomic E-state index is -0.502. The summed E-state index contributed by atoms with van der Waals surface area (Å²) in [7, 11) is 0. The molecular formula is C12H12N4O3. The Morgan fingerprint density at radius 3 is 3.00 bits per heavy atom. The summed E-state index contributed by atoms with van der Waals surface area (Å²) >= 11 is 0. The van der Waals surface area contributed by atoms with E-state index in [2.05, 4.69) is 4.98 Å². The number of hydrogen-bond donors (Lipinski definition) is 1. The molecule has 1 aliphatic rings. The van der Waals surface area contributed by atoms with Gasteiger partial charge in [0.05, 0.1) is 21.9 Å². The molecule has 0 bridgehead atoms. The molecule has 0 saturated heterocycles. The molecule has 7 nitrogen and oxygen atoms in total. The molecule has 19 heavy (non-hydrogen) atoms. The molecule has 2 N–H and O–H groups in total. The van der Waals surface area contributed by atoms with Crippen molar-refractivity contribution >= 4 is 16.6 Å². The van der Waals surface area contributed by atoms with Crippen LogP contribution in [-0.4, -0.2) is 14.5 Å². The molecule has 3 rings (SSSR count). The summed E-state index contributed by atoms with van der Waals surface area (Å²) in [6.07, 6.45) is 1.61. The van der Waals surface area contributed by atoms with Crippen LogP contribution in [0.25, 0.3) is 10.9 Å². The van der Waals surface area contributed by atoms with Gasteiger partial charge in [0, 0.05) is 18.7 Å². The van der Waals surface area contributed by atoms with Crippen LogP contribution in [0.4, 0.5) is 5.69 Å². The van der Waals surface area contributed by atoms with Crippen LogP contribution in [-0.2, 0) is 6.54 Å². The van der Waals surface area contributed by atoms with E-state index < -0.39 is 4.92 Å². The van der Waals surface area contributed by atoms with Crippen LogP contribution in [0.3, 0.4) is 0 Å². The molecule has 2 aromatic rings. The molecule has 1 aromatic heterocycles. The molecule has 0 amide bonds. The maximum atomic E-state index is 12.3. The molecule has 2 heterocycles. The van der Waals surface area contributed by atoms with Gasteiger partial charge in [-0.15, -0.1) is 0 Å². The highest BCUT2D eigenvalue weighted by atomic mass is 16.6. The quantitative estimate of drug-likeness (QED) is 0.610. The molecule has 7 heteroatoms. The van der Waals surface area contributed by atoms with Gasteiger partial charge in [-0.25, -0.2) is 4.98 Å². The van der Waals surface area contributed by atoms with Gasteiger partial charge in [-0.05, 0) is 18.9 Å². The van der Waals surface area contributed by atoms with Crippen molar-refractivity contribution in [2.75, 3.05) is 0 Å². The van der Waals surface area contributed by atoms with Crippen LogP contribution in [0.2, 0.25) is 0 Å². The molecule has 1 aromatic carbocycles. The van der Waals surface area contributed by atoms with E-state index in [9.17, 15) is 14.9 Å². The Morgan fingerprint density at radius 1 is 1.47 bits per heavy atom. The van der Waals surface area contributed by atoms with Gasteiger partial charge < -0.3 is 5.73 Å². The molecule has 1 aliphatic heterocycles. The number of rotatable bonds is 1. The monoisotopic (exact) mass is 260 g/mol. The largest absolute Gasteiger partial charge is 0.321 e. The van der Waals surface area contributed by atoms with E-state index in [1.165, 1.54) is 18.2 Å². The van der Waals surface area contributed by atoms with Crippen molar-refractivity contribution in [3.05, 3.63) is 44.5 Å². The maximum absolute atomic E-state index is 12.3. The summed E-state index contributed by atoms with van der Waals surface area (Å²) in [6.45, 7) is 0.599. The fraction of sp³-hybridized carbons (Fsp3) is 0.333. The summed E-state index contributed by atoms with van der Waals surface area (Å²) in [4.78, 5) is 26.9. The van der Waals surface area contributed by atoms with Crippen molar-refractivity contribution in [1.29, 1.82) is 0 Å². The topological polar surface area (TPSA) is 104 Å². The predicted molar refractivity (Wildman–Crippen MR) is 68.8 cm³/mol. The van der Waals surface area contributed by atoms with Crippen molar-refractivity contribution in [1.82, 2.24) is 9.55 Å². The van der Waals surface area contributed by atoms with Gasteiger partial charge in [-0.3, -0.25) is 19.5 Å². The molecule has 0 saturated carbocycles. The summed E-state index contributed by atoms with van der Waals surface area (Å²) in [5, 5.41) is 11.1. The molecule has 0 radical (unpaired) electrons. The normalized spacial score (nSPS) is 18.3. The van der Waals surface area contributed by atoms with E-state index in [-0.39, 0.29) is 17.3 Å². The van der Waals surface area contributed by atoms with Crippen LogP contribution in [0.5, 0.6) is 0 Å². The average molecular weight is 260 g/mol. The Balaban J connectivity index is 2.33. The number of fused-ring (bicyclic) bond motifs is 2. The first-order chi connectivity index (χ1) is 9.08. The third-order valence-corrected chi connectivity index (χ3v) is 3.41. The van der Waals surface area contributed by atoms with Crippen molar-refractivity contribution in [2.45, 2.75) is 25.4 Å². The highest BCUT2D eigenvalue weighted by Gasteiger charge is 2.21. The third-order valence-electron chi connectivity index (χ3n) is 3.41. The number of benzene rings is 1. The molecule has 1 unspecified atom stereocenters. The van der Waals surface area contributed by atoms with Crippen molar-refractivity contribution in [2.24, 2.45) is 5.73 Å². The number of aromatic nitrogens is 2. The second-order valence-electron chi connectivity index (χ2n) is 4.63. The zero-order valence-electron chi connectivity index (χ0n) is 10.1. The Hall–Kier alpha value is -2.28. The molecule has 0 aliphatic carbocycles. The van der Waals surface area contributed by atoms with Crippen molar-refractivity contribution in [3.8, 4) is 0 Å². The molecule has 0 fully saturated rings. The standard InChI is InChI=1S/C12H12N4O3/c13-9-2-1-5-15-11(9)14-10-6-7(16(18)19)3-4-8(10)12(15)17/h3-4,6,9H,1-2,5,13H2. The van der Waals surface area contributed by atoms with Crippen LogP contribution >= 0.6 is 0 Å². The first-order valence-corrected chi connectivity index (χ1v) is 6.02. The molecule has 1 atom stereocenters. The number of non-ortho nitro benzene ring substituents is 1. The van der Waals surface area contributed by atoms with E-state index in [0.29, 0.717) is 23.3 Å². The summed E-state index contributed by atoms with van der Waals surface area (Å²) < 4.78 is 1.57. The first kappa shape index (κ1) is 11.8. The molecular weight excluding hydrogens is 248 g/mol. The van der Waals surface area contributed by atoms with Crippen LogP contribution < -0.4 is 11.3 Å². The maximum Gasteiger partial charge on any atom is 0.271 e. The van der Waals surface area contributed by atoms with Crippen molar-refractivity contribution in [3.63, 3.8) is 0 Å². The van der Waals surface area contributed by atoms with Gasteiger partial charge in [0.25, 0.3) is 11.2 Å². The fourth-order valence-electron chi connectivity index (χ4n) is 2.44. The Kier molecular flexibility index (Phi) is 2.56. The Labute approximate surface area is 107 Å². The molecule has 98 valence electrons. The minimum absolute atomic E-state index is 0.0752. The number of nitro groups is 1. The fourth-order valence-corrected chi connectivity index (χ4v) is 2.44. The van der Waals surface area contributed by atoms with E-state index in [1.807, 2.05) is 0 Å². The van der Waals surface area contributed by atoms with Gasteiger partial charge in [0.15, 0.2) is 0 Å². The van der Waals surface area contributed by atoms with E-state index in [1.54, 1.807) is 4.57 Å². The minimum Gasteiger partial charge on any atom is -0.321 e. The highest BCUT2D eigenvalue weighted by Crippen LogP contribution is 2.23. The van der Waals surface area contributed by atoms with Gasteiger partial charge in [0.1, 0.15) is 5.82 Å². The first-order valence-electron chi connectivity index (χ1n) is 6.02. The van der Waals surface area contributed by atoms with Gasteiger partial charge in [0.2, 0.25) is 0 Å². The van der Waals surface area contributed by atoms with Gasteiger partial charge in [-0.1, -0.05) is 0 Å². The van der Waals surface area contributed by atoms with Gasteiger partial charge in [-0.2, -0.15) is 0 Å². The van der Waals surface area contributed by atoms with E-state index >= 15 is 0 Å². The van der Waals surface area contributed by atoms with Crippen LogP contribution in [0.15, 0.2) is 23.0 Å². The second kappa shape index (κ2) is 4.13. The van der Waals surface area contributed by atoms with Gasteiger partial charge >= 0.3 is 0 Å². The number of nitrogens with two attached hydrogens (primary N) is 1. The Bertz CT molecular complexity index is 738. The van der Waals surface area contributed by atoms with Crippen LogP contribution in [0, 0.1) is 10.1 Å². The summed E-state index contributed by atoms with van der Waals surface area (Å²) in [5.41, 5.74) is 6.03. The SMILES string of the molecule is NC1CCCn2c1nc1cc([N+](=O)[O-])ccc1c2=O. The predicted octanol–water partition coefficient (Wildman–Crippen LogP) is 1.10. The number of nitrogens with zero attached hydrogens (tertiary/aromatic N) is 3. The van der Waals surface area contributed by atoms with E-state index in [4.69, 9.17) is 5.73 Å². The zero-order chi connectivity index (χ0) is 13.6. The third kappa shape index (κ3) is 1.78. The smallest absolute Gasteiger partial charge is 0.271 e. The molecule has 0 spiro atoms. The van der Waals surface area contributed by atoms with Crippen molar-refractivity contribution < 1.29 is 4.92 Å². The Morgan fingerprint density at radius 2 is 2.26 bits per heavy atom. The summed E-state index contributed by atoms with van der Waals surface area (Å²) in [6, 6.07) is 3.81.